The van der Waals surface area contributed by atoms with Crippen molar-refractivity contribution in [2.75, 3.05) is 13.1 Å². The molecule has 0 radical (unpaired) electrons. The minimum Gasteiger partial charge on any atom is -0.325 e. The number of aromatic nitrogens is 1. The third kappa shape index (κ3) is 4.04. The summed E-state index contributed by atoms with van der Waals surface area (Å²) < 4.78 is 51.8. The summed E-state index contributed by atoms with van der Waals surface area (Å²) in [5, 5.41) is 2.68. The second-order valence-electron chi connectivity index (χ2n) is 4.26. The minimum atomic E-state index is -3.98. The Balaban J connectivity index is 2.16. The maximum Gasteiger partial charge on any atom is 0.273 e. The number of thiophene rings is 1. The molecule has 0 unspecified atom stereocenters. The summed E-state index contributed by atoms with van der Waals surface area (Å²) in [5.41, 5.74) is 5.54. The third-order valence-corrected chi connectivity index (χ3v) is 6.31. The molecular formula is C11H13F2N3O2S3. The highest BCUT2D eigenvalue weighted by atomic mass is 32.2. The van der Waals surface area contributed by atoms with E-state index in [1.807, 2.05) is 17.0 Å². The van der Waals surface area contributed by atoms with Crippen molar-refractivity contribution in [3.05, 3.63) is 22.5 Å². The number of rotatable bonds is 6. The van der Waals surface area contributed by atoms with Gasteiger partial charge in [0.15, 0.2) is 0 Å². The number of nitrogens with zero attached hydrogens (tertiary/aromatic N) is 1. The molecule has 2 aromatic heterocycles. The normalized spacial score (nSPS) is 12.8. The fourth-order valence-electron chi connectivity index (χ4n) is 1.42. The van der Waals surface area contributed by atoms with Crippen molar-refractivity contribution >= 4 is 32.7 Å². The Hall–Kier alpha value is -0.940. The molecule has 0 bridgehead atoms. The van der Waals surface area contributed by atoms with Crippen molar-refractivity contribution in [1.82, 2.24) is 9.71 Å². The first kappa shape index (κ1) is 16.4. The van der Waals surface area contributed by atoms with Gasteiger partial charge in [-0.05, 0) is 19.1 Å². The lowest BCUT2D eigenvalue weighted by molar-refractivity contribution is 0.0170. The van der Waals surface area contributed by atoms with Gasteiger partial charge in [0.25, 0.3) is 5.92 Å². The van der Waals surface area contributed by atoms with Gasteiger partial charge in [0.2, 0.25) is 10.0 Å². The van der Waals surface area contributed by atoms with E-state index in [0.29, 0.717) is 10.6 Å². The van der Waals surface area contributed by atoms with Crippen molar-refractivity contribution in [2.45, 2.75) is 17.1 Å². The number of halogens is 2. The second-order valence-corrected chi connectivity index (χ2v) is 8.39. The van der Waals surface area contributed by atoms with Crippen LogP contribution in [0.1, 0.15) is 5.01 Å². The maximum absolute atomic E-state index is 13.0. The zero-order valence-corrected chi connectivity index (χ0v) is 13.4. The monoisotopic (exact) mass is 353 g/mol. The quantitative estimate of drug-likeness (QED) is 0.832. The van der Waals surface area contributed by atoms with Gasteiger partial charge in [-0.3, -0.25) is 0 Å². The van der Waals surface area contributed by atoms with E-state index >= 15 is 0 Å². The summed E-state index contributed by atoms with van der Waals surface area (Å²) in [4.78, 5) is 4.92. The topological polar surface area (TPSA) is 85.1 Å². The summed E-state index contributed by atoms with van der Waals surface area (Å²) in [6, 6.07) is 2.98. The largest absolute Gasteiger partial charge is 0.325 e. The van der Waals surface area contributed by atoms with E-state index in [1.54, 1.807) is 6.07 Å². The molecule has 0 amide bonds. The van der Waals surface area contributed by atoms with E-state index in [4.69, 9.17) is 5.73 Å². The molecule has 116 valence electrons. The van der Waals surface area contributed by atoms with Crippen molar-refractivity contribution in [3.8, 4) is 10.6 Å². The number of thiazole rings is 1. The Kier molecular flexibility index (Phi) is 4.73. The summed E-state index contributed by atoms with van der Waals surface area (Å²) in [7, 11) is -3.98. The lowest BCUT2D eigenvalue weighted by atomic mass is 10.3. The van der Waals surface area contributed by atoms with Crippen LogP contribution >= 0.6 is 22.7 Å². The fourth-order valence-corrected chi connectivity index (χ4v) is 4.48. The molecule has 0 saturated heterocycles. The standard InChI is InChI=1S/C11H13F2N3O2S3/c1-7-16-8(4-19-7)9-2-3-10(20-9)21(17,18)15-6-11(12,13)5-14/h2-4,15H,5-6,14H2,1H3. The van der Waals surface area contributed by atoms with Gasteiger partial charge in [-0.25, -0.2) is 26.9 Å². The zero-order valence-electron chi connectivity index (χ0n) is 11.0. The predicted octanol–water partition coefficient (Wildman–Crippen LogP) is 2.05. The van der Waals surface area contributed by atoms with Crippen LogP contribution in [-0.4, -0.2) is 32.4 Å². The molecule has 0 aliphatic rings. The van der Waals surface area contributed by atoms with Crippen LogP contribution in [0.4, 0.5) is 8.78 Å². The highest BCUT2D eigenvalue weighted by molar-refractivity contribution is 7.91. The zero-order chi connectivity index (χ0) is 15.7. The molecule has 0 aromatic carbocycles. The lowest BCUT2D eigenvalue weighted by Gasteiger charge is -2.13. The Bertz CT molecular complexity index is 725. The summed E-state index contributed by atoms with van der Waals surface area (Å²) in [6.45, 7) is -0.0892. The highest BCUT2D eigenvalue weighted by Gasteiger charge is 2.30. The first-order valence-corrected chi connectivity index (χ1v) is 9.01. The minimum absolute atomic E-state index is 0.0315. The van der Waals surface area contributed by atoms with Crippen LogP contribution in [0.3, 0.4) is 0 Å². The maximum atomic E-state index is 13.0. The van der Waals surface area contributed by atoms with E-state index in [-0.39, 0.29) is 4.21 Å². The molecule has 2 rings (SSSR count). The van der Waals surface area contributed by atoms with Gasteiger partial charge < -0.3 is 5.73 Å². The Morgan fingerprint density at radius 2 is 2.14 bits per heavy atom. The van der Waals surface area contributed by atoms with Crippen molar-refractivity contribution in [3.63, 3.8) is 0 Å². The number of hydrogen-bond donors (Lipinski definition) is 2. The van der Waals surface area contributed by atoms with Gasteiger partial charge in [-0.2, -0.15) is 0 Å². The van der Waals surface area contributed by atoms with Gasteiger partial charge in [0, 0.05) is 5.38 Å². The van der Waals surface area contributed by atoms with Crippen LogP contribution in [0.5, 0.6) is 0 Å². The molecule has 10 heteroatoms. The van der Waals surface area contributed by atoms with Gasteiger partial charge in [0.05, 0.1) is 28.7 Å². The molecule has 0 atom stereocenters. The molecule has 5 nitrogen and oxygen atoms in total. The van der Waals surface area contributed by atoms with Gasteiger partial charge >= 0.3 is 0 Å². The molecule has 0 aliphatic heterocycles. The molecule has 21 heavy (non-hydrogen) atoms. The molecule has 2 aromatic rings. The molecule has 0 spiro atoms. The summed E-state index contributed by atoms with van der Waals surface area (Å²) >= 11 is 2.43. The third-order valence-electron chi connectivity index (χ3n) is 2.54. The van der Waals surface area contributed by atoms with Crippen LogP contribution in [0.15, 0.2) is 21.7 Å². The van der Waals surface area contributed by atoms with E-state index in [0.717, 1.165) is 16.3 Å². The molecular weight excluding hydrogens is 340 g/mol. The number of nitrogens with one attached hydrogen (secondary N) is 1. The van der Waals surface area contributed by atoms with Crippen molar-refractivity contribution < 1.29 is 17.2 Å². The van der Waals surface area contributed by atoms with Crippen LogP contribution in [0, 0.1) is 6.92 Å². The van der Waals surface area contributed by atoms with Gasteiger partial charge in [-0.15, -0.1) is 22.7 Å². The van der Waals surface area contributed by atoms with Gasteiger partial charge in [-0.1, -0.05) is 0 Å². The number of hydrogen-bond acceptors (Lipinski definition) is 6. The second kappa shape index (κ2) is 6.05. The molecule has 0 aliphatic carbocycles. The van der Waals surface area contributed by atoms with Crippen LogP contribution in [0.25, 0.3) is 10.6 Å². The van der Waals surface area contributed by atoms with Crippen molar-refractivity contribution in [2.24, 2.45) is 5.73 Å². The van der Waals surface area contributed by atoms with E-state index in [2.05, 4.69) is 4.98 Å². The van der Waals surface area contributed by atoms with E-state index in [9.17, 15) is 17.2 Å². The fraction of sp³-hybridized carbons (Fsp3) is 0.364. The number of sulfonamides is 1. The number of nitrogens with two attached hydrogens (primary N) is 1. The first-order chi connectivity index (χ1) is 9.73. The van der Waals surface area contributed by atoms with E-state index in [1.165, 1.54) is 17.4 Å². The smallest absolute Gasteiger partial charge is 0.273 e. The SMILES string of the molecule is Cc1nc(-c2ccc(S(=O)(=O)NCC(F)(F)CN)s2)cs1. The highest BCUT2D eigenvalue weighted by Crippen LogP contribution is 2.31. The summed E-state index contributed by atoms with van der Waals surface area (Å²) in [5.74, 6) is -3.26. The Labute approximate surface area is 128 Å². The average Bonchev–Trinajstić information content (AvgIpc) is 3.05. The predicted molar refractivity (Wildman–Crippen MR) is 79.4 cm³/mol. The van der Waals surface area contributed by atoms with Gasteiger partial charge in [0.1, 0.15) is 4.21 Å². The Morgan fingerprint density at radius 3 is 2.71 bits per heavy atom. The summed E-state index contributed by atoms with van der Waals surface area (Å²) in [6.07, 6.45) is 0. The number of alkyl halides is 2. The Morgan fingerprint density at radius 1 is 1.43 bits per heavy atom. The lowest BCUT2D eigenvalue weighted by Crippen LogP contribution is -2.41. The number of aryl methyl sites for hydroxylation is 1. The van der Waals surface area contributed by atoms with E-state index < -0.39 is 29.0 Å². The molecule has 0 saturated carbocycles. The average molecular weight is 353 g/mol. The van der Waals surface area contributed by atoms with Crippen LogP contribution < -0.4 is 10.5 Å². The van der Waals surface area contributed by atoms with Crippen LogP contribution in [-0.2, 0) is 10.0 Å². The van der Waals surface area contributed by atoms with Crippen molar-refractivity contribution in [1.29, 1.82) is 0 Å². The first-order valence-electron chi connectivity index (χ1n) is 5.83. The molecule has 0 fully saturated rings. The molecule has 2 heterocycles. The van der Waals surface area contributed by atoms with Crippen LogP contribution in [0.2, 0.25) is 0 Å². The molecule has 3 N–H and O–H groups in total.